The number of nitrogens with zero attached hydrogens (tertiary/aromatic N) is 2. The van der Waals surface area contributed by atoms with Crippen LogP contribution in [0.15, 0.2) is 17.2 Å². The third-order valence-corrected chi connectivity index (χ3v) is 5.49. The number of rotatable bonds is 3. The standard InChI is InChI=1S/C12H14N2O3S/c1-17-9-6-12(11(7-13)14-8-9)18(15,16)10-4-2-3-5-10/h6,8,10H,2-5H2,1H3. The lowest BCUT2D eigenvalue weighted by molar-refractivity contribution is 0.411. The Labute approximate surface area is 106 Å². The van der Waals surface area contributed by atoms with Gasteiger partial charge in [-0.05, 0) is 12.8 Å². The minimum absolute atomic E-state index is 0.00347. The van der Waals surface area contributed by atoms with E-state index in [4.69, 9.17) is 10.00 Å². The van der Waals surface area contributed by atoms with Crippen molar-refractivity contribution in [3.05, 3.63) is 18.0 Å². The molecule has 2 rings (SSSR count). The van der Waals surface area contributed by atoms with Gasteiger partial charge in [0.1, 0.15) is 16.7 Å². The van der Waals surface area contributed by atoms with Crippen LogP contribution in [0.25, 0.3) is 0 Å². The van der Waals surface area contributed by atoms with Crippen LogP contribution in [0.2, 0.25) is 0 Å². The average molecular weight is 266 g/mol. The van der Waals surface area contributed by atoms with E-state index in [9.17, 15) is 8.42 Å². The Hall–Kier alpha value is -1.61. The van der Waals surface area contributed by atoms with Gasteiger partial charge in [-0.2, -0.15) is 5.26 Å². The van der Waals surface area contributed by atoms with Gasteiger partial charge in [0.2, 0.25) is 0 Å². The van der Waals surface area contributed by atoms with Crippen molar-refractivity contribution in [1.29, 1.82) is 5.26 Å². The van der Waals surface area contributed by atoms with Crippen molar-refractivity contribution in [1.82, 2.24) is 4.98 Å². The molecule has 0 aromatic carbocycles. The highest BCUT2D eigenvalue weighted by molar-refractivity contribution is 7.92. The van der Waals surface area contributed by atoms with Crippen molar-refractivity contribution in [2.24, 2.45) is 0 Å². The Morgan fingerprint density at radius 1 is 1.44 bits per heavy atom. The third-order valence-electron chi connectivity index (χ3n) is 3.22. The highest BCUT2D eigenvalue weighted by atomic mass is 32.2. The SMILES string of the molecule is COc1cnc(C#N)c(S(=O)(=O)C2CCCC2)c1. The van der Waals surface area contributed by atoms with E-state index in [2.05, 4.69) is 4.98 Å². The van der Waals surface area contributed by atoms with Crippen LogP contribution >= 0.6 is 0 Å². The molecule has 0 saturated heterocycles. The Bertz CT molecular complexity index is 584. The van der Waals surface area contributed by atoms with Crippen molar-refractivity contribution in [3.8, 4) is 11.8 Å². The lowest BCUT2D eigenvalue weighted by Gasteiger charge is -2.12. The molecule has 0 unspecified atom stereocenters. The number of ether oxygens (including phenoxy) is 1. The zero-order valence-electron chi connectivity index (χ0n) is 10.1. The molecule has 0 bridgehead atoms. The van der Waals surface area contributed by atoms with Crippen LogP contribution in [0.1, 0.15) is 31.4 Å². The summed E-state index contributed by atoms with van der Waals surface area (Å²) < 4.78 is 29.8. The van der Waals surface area contributed by atoms with E-state index >= 15 is 0 Å². The van der Waals surface area contributed by atoms with Crippen molar-refractivity contribution >= 4 is 9.84 Å². The molecule has 0 amide bonds. The molecule has 6 heteroatoms. The fraction of sp³-hybridized carbons (Fsp3) is 0.500. The fourth-order valence-corrected chi connectivity index (χ4v) is 4.18. The van der Waals surface area contributed by atoms with Gasteiger partial charge in [-0.1, -0.05) is 12.8 Å². The molecule has 1 aliphatic rings. The lowest BCUT2D eigenvalue weighted by atomic mass is 10.3. The summed E-state index contributed by atoms with van der Waals surface area (Å²) in [6.07, 6.45) is 4.51. The molecular formula is C12H14N2O3S. The fourth-order valence-electron chi connectivity index (χ4n) is 2.22. The van der Waals surface area contributed by atoms with Crippen LogP contribution in [0, 0.1) is 11.3 Å². The molecule has 0 spiro atoms. The van der Waals surface area contributed by atoms with Gasteiger partial charge in [0.25, 0.3) is 0 Å². The van der Waals surface area contributed by atoms with E-state index in [-0.39, 0.29) is 10.6 Å². The average Bonchev–Trinajstić information content (AvgIpc) is 2.92. The maximum Gasteiger partial charge on any atom is 0.184 e. The van der Waals surface area contributed by atoms with Gasteiger partial charge < -0.3 is 4.74 Å². The molecule has 0 radical (unpaired) electrons. The molecule has 1 fully saturated rings. The monoisotopic (exact) mass is 266 g/mol. The molecule has 1 aliphatic carbocycles. The van der Waals surface area contributed by atoms with Crippen LogP contribution in [-0.2, 0) is 9.84 Å². The summed E-state index contributed by atoms with van der Waals surface area (Å²) in [4.78, 5) is 3.84. The second-order valence-electron chi connectivity index (χ2n) is 4.29. The Morgan fingerprint density at radius 2 is 2.11 bits per heavy atom. The first-order chi connectivity index (χ1) is 8.59. The summed E-state index contributed by atoms with van der Waals surface area (Å²) in [5.74, 6) is 0.352. The topological polar surface area (TPSA) is 80.0 Å². The van der Waals surface area contributed by atoms with Crippen molar-refractivity contribution in [2.45, 2.75) is 35.8 Å². The van der Waals surface area contributed by atoms with E-state index in [1.165, 1.54) is 19.4 Å². The molecule has 96 valence electrons. The second kappa shape index (κ2) is 4.94. The molecule has 1 aromatic heterocycles. The minimum atomic E-state index is -3.48. The maximum atomic E-state index is 12.4. The largest absolute Gasteiger partial charge is 0.495 e. The molecule has 0 N–H and O–H groups in total. The van der Waals surface area contributed by atoms with Gasteiger partial charge in [-0.15, -0.1) is 0 Å². The van der Waals surface area contributed by atoms with Crippen molar-refractivity contribution in [3.63, 3.8) is 0 Å². The van der Waals surface area contributed by atoms with Gasteiger partial charge in [-0.25, -0.2) is 13.4 Å². The smallest absolute Gasteiger partial charge is 0.184 e. The van der Waals surface area contributed by atoms with E-state index in [1.807, 2.05) is 6.07 Å². The van der Waals surface area contributed by atoms with Crippen molar-refractivity contribution < 1.29 is 13.2 Å². The van der Waals surface area contributed by atoms with E-state index in [0.717, 1.165) is 12.8 Å². The zero-order chi connectivity index (χ0) is 13.2. The first-order valence-corrected chi connectivity index (χ1v) is 7.32. The molecule has 1 aromatic rings. The highest BCUT2D eigenvalue weighted by Crippen LogP contribution is 2.31. The summed E-state index contributed by atoms with van der Waals surface area (Å²) in [5.41, 5.74) is -0.0531. The Balaban J connectivity index is 2.51. The minimum Gasteiger partial charge on any atom is -0.495 e. The van der Waals surface area contributed by atoms with E-state index < -0.39 is 15.1 Å². The predicted molar refractivity (Wildman–Crippen MR) is 64.9 cm³/mol. The molecule has 5 nitrogen and oxygen atoms in total. The van der Waals surface area contributed by atoms with E-state index in [0.29, 0.717) is 18.6 Å². The van der Waals surface area contributed by atoms with Gasteiger partial charge in [0.15, 0.2) is 15.5 Å². The van der Waals surface area contributed by atoms with Gasteiger partial charge in [0, 0.05) is 6.07 Å². The van der Waals surface area contributed by atoms with Gasteiger partial charge >= 0.3 is 0 Å². The molecule has 1 saturated carbocycles. The summed E-state index contributed by atoms with van der Waals surface area (Å²) >= 11 is 0. The summed E-state index contributed by atoms with van der Waals surface area (Å²) in [6.45, 7) is 0. The van der Waals surface area contributed by atoms with E-state index in [1.54, 1.807) is 0 Å². The van der Waals surface area contributed by atoms with Crippen LogP contribution in [0.5, 0.6) is 5.75 Å². The summed E-state index contributed by atoms with van der Waals surface area (Å²) in [5, 5.41) is 8.58. The second-order valence-corrected chi connectivity index (χ2v) is 6.48. The molecular weight excluding hydrogens is 252 g/mol. The van der Waals surface area contributed by atoms with Crippen LogP contribution in [0.4, 0.5) is 0 Å². The number of aromatic nitrogens is 1. The van der Waals surface area contributed by atoms with Crippen LogP contribution < -0.4 is 4.74 Å². The summed E-state index contributed by atoms with van der Waals surface area (Å²) in [7, 11) is -2.04. The predicted octanol–water partition coefficient (Wildman–Crippen LogP) is 1.68. The first kappa shape index (κ1) is 12.8. The molecule has 18 heavy (non-hydrogen) atoms. The highest BCUT2D eigenvalue weighted by Gasteiger charge is 2.32. The van der Waals surface area contributed by atoms with Crippen LogP contribution in [0.3, 0.4) is 0 Å². The van der Waals surface area contributed by atoms with Gasteiger partial charge in [0.05, 0.1) is 18.6 Å². The number of hydrogen-bond acceptors (Lipinski definition) is 5. The lowest BCUT2D eigenvalue weighted by Crippen LogP contribution is -2.19. The molecule has 0 aliphatic heterocycles. The maximum absolute atomic E-state index is 12.4. The number of hydrogen-bond donors (Lipinski definition) is 0. The summed E-state index contributed by atoms with van der Waals surface area (Å²) in [6, 6.07) is 3.22. The Morgan fingerprint density at radius 3 is 2.67 bits per heavy atom. The van der Waals surface area contributed by atoms with Gasteiger partial charge in [-0.3, -0.25) is 0 Å². The number of pyridine rings is 1. The van der Waals surface area contributed by atoms with Crippen LogP contribution in [-0.4, -0.2) is 25.8 Å². The molecule has 0 atom stereocenters. The Kier molecular flexibility index (Phi) is 3.53. The number of nitriles is 1. The van der Waals surface area contributed by atoms with Crippen molar-refractivity contribution in [2.75, 3.05) is 7.11 Å². The first-order valence-electron chi connectivity index (χ1n) is 5.77. The molecule has 1 heterocycles. The quantitative estimate of drug-likeness (QED) is 0.831. The third kappa shape index (κ3) is 2.18. The normalized spacial score (nSPS) is 16.4. The number of sulfone groups is 1. The zero-order valence-corrected chi connectivity index (χ0v) is 10.9. The number of methoxy groups -OCH3 is 1.